The van der Waals surface area contributed by atoms with Crippen LogP contribution in [0.25, 0.3) is 11.2 Å². The molecule has 1 amide bonds. The molecule has 1 saturated carbocycles. The highest BCUT2D eigenvalue weighted by Crippen LogP contribution is 2.42. The van der Waals surface area contributed by atoms with Gasteiger partial charge in [0.15, 0.2) is 5.65 Å². The lowest BCUT2D eigenvalue weighted by Gasteiger charge is -2.42. The van der Waals surface area contributed by atoms with Crippen molar-refractivity contribution in [1.82, 2.24) is 19.4 Å². The van der Waals surface area contributed by atoms with Gasteiger partial charge in [-0.15, -0.1) is 0 Å². The van der Waals surface area contributed by atoms with E-state index in [1.54, 1.807) is 16.2 Å². The van der Waals surface area contributed by atoms with E-state index in [-0.39, 0.29) is 40.8 Å². The van der Waals surface area contributed by atoms with Crippen molar-refractivity contribution in [2.24, 2.45) is 17.9 Å². The van der Waals surface area contributed by atoms with E-state index in [1.807, 2.05) is 18.2 Å². The number of aryl methyl sites for hydroxylation is 1. The fraction of sp³-hybridized carbons (Fsp3) is 0.652. The average molecular weight is 412 g/mol. The van der Waals surface area contributed by atoms with Gasteiger partial charge in [-0.2, -0.15) is 5.26 Å². The first-order valence-electron chi connectivity index (χ1n) is 10.7. The Kier molecular flexibility index (Phi) is 5.81. The lowest BCUT2D eigenvalue weighted by molar-refractivity contribution is -0.122. The van der Waals surface area contributed by atoms with Crippen LogP contribution in [0.2, 0.25) is 0 Å². The summed E-state index contributed by atoms with van der Waals surface area (Å²) in [6.07, 6.45) is 2.59. The number of carbonyl (C=O) groups excluding carboxylic acids is 1. The summed E-state index contributed by atoms with van der Waals surface area (Å²) in [6, 6.07) is 5.94. The Labute approximate surface area is 178 Å². The quantitative estimate of drug-likeness (QED) is 0.834. The minimum absolute atomic E-state index is 0.0103. The third-order valence-corrected chi connectivity index (χ3v) is 6.23. The topological polar surface area (TPSA) is 92.7 Å². The predicted molar refractivity (Wildman–Crippen MR) is 117 cm³/mol. The van der Waals surface area contributed by atoms with Gasteiger partial charge in [-0.1, -0.05) is 34.6 Å². The van der Waals surface area contributed by atoms with Crippen molar-refractivity contribution in [1.29, 1.82) is 5.26 Å². The summed E-state index contributed by atoms with van der Waals surface area (Å²) in [5, 5.41) is 11.8. The largest absolute Gasteiger partial charge is 0.352 e. The van der Waals surface area contributed by atoms with E-state index in [0.717, 1.165) is 30.5 Å². The number of hydrogen-bond acceptors (Lipinski definition) is 4. The van der Waals surface area contributed by atoms with E-state index in [2.05, 4.69) is 39.9 Å². The lowest BCUT2D eigenvalue weighted by atomic mass is 9.68. The number of hydrogen-bond donors (Lipinski definition) is 1. The van der Waals surface area contributed by atoms with E-state index >= 15 is 0 Å². The average Bonchev–Trinajstić information content (AvgIpc) is 2.87. The first-order valence-corrected chi connectivity index (χ1v) is 10.7. The summed E-state index contributed by atoms with van der Waals surface area (Å²) >= 11 is 0. The number of carbonyl (C=O) groups is 1. The van der Waals surface area contributed by atoms with Crippen LogP contribution in [0.5, 0.6) is 0 Å². The monoisotopic (exact) mass is 411 g/mol. The maximum atomic E-state index is 12.8. The molecule has 1 aliphatic carbocycles. The Morgan fingerprint density at radius 1 is 1.37 bits per heavy atom. The molecule has 0 spiro atoms. The molecule has 2 aromatic rings. The molecule has 1 N–H and O–H groups in total. The van der Waals surface area contributed by atoms with Crippen molar-refractivity contribution in [3.63, 3.8) is 0 Å². The molecule has 2 heterocycles. The van der Waals surface area contributed by atoms with E-state index < -0.39 is 0 Å². The number of nitrogens with one attached hydrogen (secondary N) is 1. The van der Waals surface area contributed by atoms with Gasteiger partial charge >= 0.3 is 5.69 Å². The molecule has 0 radical (unpaired) electrons. The van der Waals surface area contributed by atoms with Gasteiger partial charge in [0.1, 0.15) is 6.42 Å². The second-order valence-corrected chi connectivity index (χ2v) is 10.5. The van der Waals surface area contributed by atoms with Gasteiger partial charge < -0.3 is 5.32 Å². The molecule has 162 valence electrons. The van der Waals surface area contributed by atoms with Crippen LogP contribution in [0, 0.1) is 22.2 Å². The second kappa shape index (κ2) is 7.90. The van der Waals surface area contributed by atoms with E-state index in [1.165, 1.54) is 0 Å². The highest BCUT2D eigenvalue weighted by molar-refractivity contribution is 5.78. The Morgan fingerprint density at radius 2 is 2.07 bits per heavy atom. The van der Waals surface area contributed by atoms with Crippen LogP contribution in [-0.4, -0.2) is 26.1 Å². The molecule has 7 nitrogen and oxygen atoms in total. The van der Waals surface area contributed by atoms with Gasteiger partial charge in [0.2, 0.25) is 5.91 Å². The lowest BCUT2D eigenvalue weighted by Crippen LogP contribution is -2.48. The molecule has 2 unspecified atom stereocenters. The number of aromatic nitrogens is 3. The Bertz CT molecular complexity index is 1050. The SMILES string of the molecule is Cn1c(=O)n(CC(C)(C)C)c2ccc(C3CCC(C)(C)C(NC(=O)CC#N)C3)nc21. The number of fused-ring (bicyclic) bond motifs is 1. The number of amides is 1. The summed E-state index contributed by atoms with van der Waals surface area (Å²) in [6.45, 7) is 11.3. The third-order valence-electron chi connectivity index (χ3n) is 6.23. The van der Waals surface area contributed by atoms with Crippen molar-refractivity contribution < 1.29 is 4.79 Å². The zero-order valence-corrected chi connectivity index (χ0v) is 19.0. The number of imidazole rings is 1. The second-order valence-electron chi connectivity index (χ2n) is 10.5. The highest BCUT2D eigenvalue weighted by atomic mass is 16.2. The molecular formula is C23H33N5O2. The summed E-state index contributed by atoms with van der Waals surface area (Å²) in [5.41, 5.74) is 2.43. The van der Waals surface area contributed by atoms with Crippen LogP contribution in [0.4, 0.5) is 0 Å². The highest BCUT2D eigenvalue weighted by Gasteiger charge is 2.38. The van der Waals surface area contributed by atoms with E-state index in [4.69, 9.17) is 10.2 Å². The molecule has 1 fully saturated rings. The van der Waals surface area contributed by atoms with E-state index in [0.29, 0.717) is 12.2 Å². The van der Waals surface area contributed by atoms with Gasteiger partial charge in [0.05, 0.1) is 11.6 Å². The zero-order valence-electron chi connectivity index (χ0n) is 19.0. The summed E-state index contributed by atoms with van der Waals surface area (Å²) < 4.78 is 3.44. The smallest absolute Gasteiger partial charge is 0.330 e. The van der Waals surface area contributed by atoms with Crippen LogP contribution < -0.4 is 11.0 Å². The van der Waals surface area contributed by atoms with Gasteiger partial charge in [-0.3, -0.25) is 13.9 Å². The van der Waals surface area contributed by atoms with Crippen molar-refractivity contribution in [2.75, 3.05) is 0 Å². The zero-order chi connectivity index (χ0) is 22.3. The molecule has 0 saturated heterocycles. The van der Waals surface area contributed by atoms with Gasteiger partial charge in [-0.05, 0) is 42.2 Å². The fourth-order valence-electron chi connectivity index (χ4n) is 4.42. The maximum absolute atomic E-state index is 12.8. The molecule has 1 aliphatic rings. The van der Waals surface area contributed by atoms with Crippen molar-refractivity contribution in [2.45, 2.75) is 78.8 Å². The number of rotatable bonds is 4. The van der Waals surface area contributed by atoms with Crippen LogP contribution >= 0.6 is 0 Å². The van der Waals surface area contributed by atoms with E-state index in [9.17, 15) is 9.59 Å². The number of pyridine rings is 1. The van der Waals surface area contributed by atoms with Crippen molar-refractivity contribution in [3.05, 3.63) is 28.3 Å². The maximum Gasteiger partial charge on any atom is 0.330 e. The molecular weight excluding hydrogens is 378 g/mol. The third kappa shape index (κ3) is 4.43. The molecule has 2 aromatic heterocycles. The van der Waals surface area contributed by atoms with Crippen LogP contribution in [0.3, 0.4) is 0 Å². The number of nitrogens with zero attached hydrogens (tertiary/aromatic N) is 4. The summed E-state index contributed by atoms with van der Waals surface area (Å²) in [7, 11) is 1.77. The molecule has 3 rings (SSSR count). The predicted octanol–water partition coefficient (Wildman–Crippen LogP) is 3.47. The van der Waals surface area contributed by atoms with Crippen LogP contribution in [0.15, 0.2) is 16.9 Å². The summed E-state index contributed by atoms with van der Waals surface area (Å²) in [4.78, 5) is 29.7. The van der Waals surface area contributed by atoms with Crippen LogP contribution in [0.1, 0.15) is 71.9 Å². The minimum Gasteiger partial charge on any atom is -0.352 e. The Morgan fingerprint density at radius 3 is 2.70 bits per heavy atom. The van der Waals surface area contributed by atoms with Crippen LogP contribution in [-0.2, 0) is 18.4 Å². The molecule has 30 heavy (non-hydrogen) atoms. The van der Waals surface area contributed by atoms with Gasteiger partial charge in [0, 0.05) is 31.2 Å². The standard InChI is InChI=1S/C23H33N5O2/c1-22(2,3)14-28-17-8-7-16(25-20(17)27(6)21(28)30)15-9-11-23(4,5)18(13-15)26-19(29)10-12-24/h7-8,15,18H,9-11,13-14H2,1-6H3,(H,26,29). The molecule has 0 bridgehead atoms. The van der Waals surface area contributed by atoms with Crippen molar-refractivity contribution in [3.8, 4) is 6.07 Å². The van der Waals surface area contributed by atoms with Gasteiger partial charge in [0.25, 0.3) is 0 Å². The van der Waals surface area contributed by atoms with Crippen molar-refractivity contribution >= 4 is 17.1 Å². The first-order chi connectivity index (χ1) is 13.9. The first kappa shape index (κ1) is 22.1. The molecule has 2 atom stereocenters. The Balaban J connectivity index is 1.91. The molecule has 0 aromatic carbocycles. The molecule has 7 heteroatoms. The summed E-state index contributed by atoms with van der Waals surface area (Å²) in [5.74, 6) is -0.0165. The number of nitriles is 1. The Hall–Kier alpha value is -2.62. The minimum atomic E-state index is -0.221. The molecule has 0 aliphatic heterocycles. The fourth-order valence-corrected chi connectivity index (χ4v) is 4.42. The normalized spacial score (nSPS) is 21.4. The van der Waals surface area contributed by atoms with Gasteiger partial charge in [-0.25, -0.2) is 9.78 Å².